The van der Waals surface area contributed by atoms with E-state index in [-0.39, 0.29) is 5.56 Å². The molecule has 19 heavy (non-hydrogen) atoms. The van der Waals surface area contributed by atoms with Crippen LogP contribution in [0.4, 0.5) is 13.2 Å². The fourth-order valence-corrected chi connectivity index (χ4v) is 1.87. The zero-order chi connectivity index (χ0) is 14.3. The van der Waals surface area contributed by atoms with Crippen LogP contribution in [0.15, 0.2) is 30.9 Å². The van der Waals surface area contributed by atoms with Crippen LogP contribution in [-0.2, 0) is 6.42 Å². The molecule has 0 N–H and O–H groups in total. The lowest BCUT2D eigenvalue weighted by molar-refractivity contribution is 0.145. The first-order chi connectivity index (χ1) is 9.11. The van der Waals surface area contributed by atoms with Crippen LogP contribution < -0.4 is 0 Å². The van der Waals surface area contributed by atoms with Crippen molar-refractivity contribution < 1.29 is 13.2 Å². The molecule has 1 aromatic carbocycles. The van der Waals surface area contributed by atoms with Crippen LogP contribution in [-0.4, -0.2) is 0 Å². The van der Waals surface area contributed by atoms with Crippen LogP contribution >= 0.6 is 0 Å². The Morgan fingerprint density at radius 3 is 2.58 bits per heavy atom. The van der Waals surface area contributed by atoms with Crippen molar-refractivity contribution in [3.8, 4) is 0 Å². The molecular weight excluding hydrogens is 249 g/mol. The van der Waals surface area contributed by atoms with Gasteiger partial charge in [0.1, 0.15) is 5.82 Å². The third kappa shape index (κ3) is 4.27. The topological polar surface area (TPSA) is 0 Å². The number of benzene rings is 1. The Bertz CT molecular complexity index is 448. The highest BCUT2D eigenvalue weighted by atomic mass is 19.3. The Hall–Kier alpha value is -1.51. The van der Waals surface area contributed by atoms with E-state index in [1.165, 1.54) is 0 Å². The molecular formula is C16H19F3. The summed E-state index contributed by atoms with van der Waals surface area (Å²) in [5.41, 5.74) is 0.117. The number of halogens is 3. The van der Waals surface area contributed by atoms with E-state index in [0.29, 0.717) is 18.4 Å². The monoisotopic (exact) mass is 268 g/mol. The molecule has 0 heterocycles. The summed E-state index contributed by atoms with van der Waals surface area (Å²) >= 11 is 0. The third-order valence-electron chi connectivity index (χ3n) is 2.89. The number of rotatable bonds is 7. The van der Waals surface area contributed by atoms with Crippen LogP contribution in [0.2, 0.25) is 0 Å². The zero-order valence-corrected chi connectivity index (χ0v) is 11.1. The number of hydrogen-bond acceptors (Lipinski definition) is 0. The second-order valence-corrected chi connectivity index (χ2v) is 4.36. The minimum Gasteiger partial charge on any atom is -0.206 e. The van der Waals surface area contributed by atoms with Gasteiger partial charge < -0.3 is 0 Å². The average Bonchev–Trinajstić information content (AvgIpc) is 2.38. The van der Waals surface area contributed by atoms with Crippen molar-refractivity contribution >= 4 is 6.08 Å². The molecule has 0 spiro atoms. The van der Waals surface area contributed by atoms with Gasteiger partial charge in [-0.25, -0.2) is 13.2 Å². The van der Waals surface area contributed by atoms with E-state index in [4.69, 9.17) is 0 Å². The molecule has 0 radical (unpaired) electrons. The van der Waals surface area contributed by atoms with Crippen molar-refractivity contribution in [2.75, 3.05) is 0 Å². The molecule has 104 valence electrons. The fraction of sp³-hybridized carbons (Fsp3) is 0.375. The van der Waals surface area contributed by atoms with Gasteiger partial charge in [-0.2, -0.15) is 0 Å². The summed E-state index contributed by atoms with van der Waals surface area (Å²) < 4.78 is 40.1. The fourth-order valence-electron chi connectivity index (χ4n) is 1.87. The van der Waals surface area contributed by atoms with Gasteiger partial charge in [-0.15, -0.1) is 6.58 Å². The van der Waals surface area contributed by atoms with Crippen molar-refractivity contribution in [2.45, 2.75) is 39.0 Å². The molecule has 0 saturated heterocycles. The summed E-state index contributed by atoms with van der Waals surface area (Å²) in [7, 11) is 0. The van der Waals surface area contributed by atoms with E-state index in [2.05, 4.69) is 6.58 Å². The van der Waals surface area contributed by atoms with Gasteiger partial charge in [0.05, 0.1) is 5.56 Å². The maximum absolute atomic E-state index is 14.1. The van der Waals surface area contributed by atoms with Crippen LogP contribution in [0.5, 0.6) is 0 Å². The minimum atomic E-state index is -2.79. The lowest BCUT2D eigenvalue weighted by atomic mass is 9.99. The van der Waals surface area contributed by atoms with Crippen molar-refractivity contribution in [3.05, 3.63) is 53.4 Å². The second-order valence-electron chi connectivity index (χ2n) is 4.36. The molecule has 0 saturated carbocycles. The minimum absolute atomic E-state index is 0.228. The summed E-state index contributed by atoms with van der Waals surface area (Å²) in [6.45, 7) is 5.55. The smallest absolute Gasteiger partial charge is 0.206 e. The molecule has 0 aliphatic rings. The van der Waals surface area contributed by atoms with Gasteiger partial charge in [0, 0.05) is 5.56 Å². The van der Waals surface area contributed by atoms with Gasteiger partial charge in [0.25, 0.3) is 6.43 Å². The van der Waals surface area contributed by atoms with Gasteiger partial charge in [-0.1, -0.05) is 43.7 Å². The first kappa shape index (κ1) is 15.5. The van der Waals surface area contributed by atoms with Crippen LogP contribution in [0.1, 0.15) is 49.3 Å². The lowest BCUT2D eigenvalue weighted by Gasteiger charge is -2.11. The molecule has 0 bridgehead atoms. The van der Waals surface area contributed by atoms with Gasteiger partial charge in [0.2, 0.25) is 0 Å². The highest BCUT2D eigenvalue weighted by Gasteiger charge is 2.19. The highest BCUT2D eigenvalue weighted by Crippen LogP contribution is 2.29. The molecule has 3 heteroatoms. The summed E-state index contributed by atoms with van der Waals surface area (Å²) in [5.74, 6) is -0.802. The number of hydrogen-bond donors (Lipinski definition) is 0. The second kappa shape index (κ2) is 7.82. The Morgan fingerprint density at radius 2 is 2.00 bits per heavy atom. The lowest BCUT2D eigenvalue weighted by Crippen LogP contribution is -2.01. The van der Waals surface area contributed by atoms with E-state index >= 15 is 0 Å². The van der Waals surface area contributed by atoms with Gasteiger partial charge >= 0.3 is 0 Å². The van der Waals surface area contributed by atoms with Crippen molar-refractivity contribution in [1.29, 1.82) is 0 Å². The molecule has 0 amide bonds. The molecule has 0 aliphatic heterocycles. The van der Waals surface area contributed by atoms with Crippen LogP contribution in [0, 0.1) is 5.82 Å². The van der Waals surface area contributed by atoms with Gasteiger partial charge in [0.15, 0.2) is 0 Å². The van der Waals surface area contributed by atoms with E-state index in [0.717, 1.165) is 12.8 Å². The Labute approximate surface area is 112 Å². The molecule has 1 aromatic rings. The molecule has 0 aliphatic carbocycles. The number of aryl methyl sites for hydroxylation is 1. The Kier molecular flexibility index (Phi) is 6.40. The average molecular weight is 268 g/mol. The van der Waals surface area contributed by atoms with E-state index < -0.39 is 17.8 Å². The zero-order valence-electron chi connectivity index (χ0n) is 11.1. The van der Waals surface area contributed by atoms with E-state index in [1.807, 2.05) is 6.92 Å². The van der Waals surface area contributed by atoms with Crippen molar-refractivity contribution in [1.82, 2.24) is 0 Å². The number of allylic oxidation sites excluding steroid dienone is 2. The van der Waals surface area contributed by atoms with E-state index in [9.17, 15) is 13.2 Å². The molecule has 1 rings (SSSR count). The van der Waals surface area contributed by atoms with Crippen LogP contribution in [0.25, 0.3) is 6.08 Å². The first-order valence-corrected chi connectivity index (χ1v) is 6.48. The molecule has 0 atom stereocenters. The Balaban J connectivity index is 3.11. The Morgan fingerprint density at radius 1 is 1.26 bits per heavy atom. The molecule has 0 fully saturated rings. The van der Waals surface area contributed by atoms with Gasteiger partial charge in [-0.05, 0) is 24.8 Å². The normalized spacial score (nSPS) is 11.4. The maximum Gasteiger partial charge on any atom is 0.266 e. The van der Waals surface area contributed by atoms with Crippen molar-refractivity contribution in [3.63, 3.8) is 0 Å². The van der Waals surface area contributed by atoms with Gasteiger partial charge in [-0.3, -0.25) is 0 Å². The summed E-state index contributed by atoms with van der Waals surface area (Å²) in [6, 6.07) is 3.14. The number of alkyl halides is 2. The molecule has 0 nitrogen and oxygen atoms in total. The number of unbranched alkanes of at least 4 members (excludes halogenated alkanes) is 1. The quantitative estimate of drug-likeness (QED) is 0.557. The van der Waals surface area contributed by atoms with Crippen LogP contribution in [0.3, 0.4) is 0 Å². The summed E-state index contributed by atoms with van der Waals surface area (Å²) in [4.78, 5) is 0. The predicted octanol–water partition coefficient (Wildman–Crippen LogP) is 5.70. The predicted molar refractivity (Wildman–Crippen MR) is 73.8 cm³/mol. The standard InChI is InChI=1S/C16H19F3/c1-3-5-7-9-13-11-10-12(8-6-4-2)14(15(13)17)16(18)19/h4,7,9-11,16H,2-3,5-6,8H2,1H3/b9-7+. The van der Waals surface area contributed by atoms with E-state index in [1.54, 1.807) is 30.4 Å². The first-order valence-electron chi connectivity index (χ1n) is 6.48. The highest BCUT2D eigenvalue weighted by molar-refractivity contribution is 5.53. The SMILES string of the molecule is C=CCCc1ccc(/C=C/CCC)c(F)c1C(F)F. The summed E-state index contributed by atoms with van der Waals surface area (Å²) in [5, 5.41) is 0. The largest absolute Gasteiger partial charge is 0.266 e. The molecule has 0 aromatic heterocycles. The molecule has 0 unspecified atom stereocenters. The van der Waals surface area contributed by atoms with Crippen molar-refractivity contribution in [2.24, 2.45) is 0 Å². The third-order valence-corrected chi connectivity index (χ3v) is 2.89. The summed E-state index contributed by atoms with van der Waals surface area (Å²) in [6.07, 6.45) is 4.92. The maximum atomic E-state index is 14.1.